The Kier molecular flexibility index (Phi) is 5.14. The Morgan fingerprint density at radius 3 is 2.00 bits per heavy atom. The summed E-state index contributed by atoms with van der Waals surface area (Å²) in [6.07, 6.45) is 0. The minimum absolute atomic E-state index is 0.0632. The first kappa shape index (κ1) is 30.3. The average molecular weight is 753 g/mol. The average Bonchev–Trinajstić information content (AvgIpc) is 3.97. The van der Waals surface area contributed by atoms with E-state index in [0.717, 1.165) is 16.6 Å². The lowest BCUT2D eigenvalue weighted by Crippen LogP contribution is -2.77. The summed E-state index contributed by atoms with van der Waals surface area (Å²) < 4.78 is 9.83. The molecule has 58 heavy (non-hydrogen) atoms. The maximum atomic E-state index is 7.04. The van der Waals surface area contributed by atoms with Crippen LogP contribution in [0.3, 0.4) is 0 Å². The number of benzene rings is 8. The molecule has 268 valence electrons. The Morgan fingerprint density at radius 1 is 0.534 bits per heavy atom. The molecule has 1 aliphatic carbocycles. The van der Waals surface area contributed by atoms with Crippen LogP contribution in [0.2, 0.25) is 0 Å². The van der Waals surface area contributed by atoms with Crippen molar-refractivity contribution in [1.82, 2.24) is 4.48 Å². The summed E-state index contributed by atoms with van der Waals surface area (Å²) in [7, 11) is -2.79. The summed E-state index contributed by atoms with van der Waals surface area (Å²) in [5, 5.41) is 9.58. The van der Waals surface area contributed by atoms with Crippen LogP contribution in [-0.2, 0) is 5.41 Å². The molecule has 0 saturated carbocycles. The number of para-hydroxylation sites is 4. The van der Waals surface area contributed by atoms with Crippen LogP contribution in [-0.4, -0.2) is 19.4 Å². The van der Waals surface area contributed by atoms with Gasteiger partial charge >= 0.3 is 6.85 Å². The predicted octanol–water partition coefficient (Wildman–Crippen LogP) is 8.94. The lowest BCUT2D eigenvalue weighted by Gasteiger charge is -2.49. The van der Waals surface area contributed by atoms with Crippen molar-refractivity contribution in [1.29, 1.82) is 0 Å². The molecular formula is C53H33BN2OSi. The normalized spacial score (nSPS) is 16.0. The second-order valence-electron chi connectivity index (χ2n) is 17.5. The Labute approximate surface area is 336 Å². The van der Waals surface area contributed by atoms with Gasteiger partial charge in [0.05, 0.1) is 0 Å². The number of hydrogen-bond donors (Lipinski definition) is 0. The SMILES string of the molecule is CC1(C)c2ccccc2-c2c1n1c3c(cccc23)-c2c3c(cc4c2oc2ccccc24)N2c4ccccc4[Si]4(c5ccccc5-c5ccccc54)c4cccc(c42)B31. The molecule has 15 rings (SSSR count). The number of fused-ring (bicyclic) bond motifs is 22. The summed E-state index contributed by atoms with van der Waals surface area (Å²) in [6, 6.07) is 62.5. The van der Waals surface area contributed by atoms with Crippen molar-refractivity contribution in [2.24, 2.45) is 0 Å². The Bertz CT molecular complexity index is 3540. The van der Waals surface area contributed by atoms with Gasteiger partial charge in [-0.15, -0.1) is 0 Å². The summed E-state index contributed by atoms with van der Waals surface area (Å²) in [5.74, 6) is 0. The standard InChI is InChI=1S/C53H33BN2OSi/c1-53(2)37-21-7-3-18-33(37)46-34-19-13-20-35-47-48-40(29-36-30-15-4-9-24-41(30)57-51(36)47)55-39-23-8-12-27-44(39)58(42-25-10-5-16-31(42)32-17-6-11-26-43(32)58)45-28-14-22-38(50(45)55)54(48)56(49(34)35)52(46)53/h3-29H,1-2H3. The second-order valence-corrected chi connectivity index (χ2v) is 21.1. The van der Waals surface area contributed by atoms with Crippen LogP contribution in [0.15, 0.2) is 168 Å². The molecule has 5 aliphatic rings. The number of hydrogen-bond acceptors (Lipinski definition) is 2. The first-order valence-corrected chi connectivity index (χ1v) is 22.6. The van der Waals surface area contributed by atoms with Crippen molar-refractivity contribution in [2.75, 3.05) is 4.90 Å². The van der Waals surface area contributed by atoms with Crippen molar-refractivity contribution in [3.63, 3.8) is 0 Å². The predicted molar refractivity (Wildman–Crippen MR) is 243 cm³/mol. The molecule has 0 radical (unpaired) electrons. The maximum absolute atomic E-state index is 7.04. The van der Waals surface area contributed by atoms with Crippen molar-refractivity contribution < 1.29 is 4.42 Å². The number of nitrogens with zero attached hydrogens (tertiary/aromatic N) is 2. The third kappa shape index (κ3) is 3.09. The fraction of sp³-hybridized carbons (Fsp3) is 0.0566. The molecular weight excluding hydrogens is 719 g/mol. The van der Waals surface area contributed by atoms with E-state index in [4.69, 9.17) is 4.42 Å². The van der Waals surface area contributed by atoms with Gasteiger partial charge in [-0.3, -0.25) is 0 Å². The van der Waals surface area contributed by atoms with Crippen molar-refractivity contribution in [3.8, 4) is 33.4 Å². The summed E-state index contributed by atoms with van der Waals surface area (Å²) in [4.78, 5) is 2.67. The molecule has 0 saturated heterocycles. The molecule has 0 N–H and O–H groups in total. The highest BCUT2D eigenvalue weighted by molar-refractivity contribution is 7.24. The molecule has 5 heteroatoms. The molecule has 3 nitrogen and oxygen atoms in total. The molecule has 2 aromatic heterocycles. The molecule has 0 fully saturated rings. The molecule has 10 aromatic rings. The smallest absolute Gasteiger partial charge is 0.333 e. The van der Waals surface area contributed by atoms with Gasteiger partial charge in [0.2, 0.25) is 0 Å². The lowest BCUT2D eigenvalue weighted by atomic mass is 9.44. The van der Waals surface area contributed by atoms with Crippen molar-refractivity contribution in [2.45, 2.75) is 19.3 Å². The topological polar surface area (TPSA) is 21.3 Å². The van der Waals surface area contributed by atoms with E-state index in [9.17, 15) is 0 Å². The highest BCUT2D eigenvalue weighted by Gasteiger charge is 2.57. The van der Waals surface area contributed by atoms with E-state index in [1.807, 2.05) is 0 Å². The molecule has 0 unspecified atom stereocenters. The van der Waals surface area contributed by atoms with Gasteiger partial charge in [0.15, 0.2) is 8.07 Å². The molecule has 0 amide bonds. The number of aromatic nitrogens is 1. The summed E-state index contributed by atoms with van der Waals surface area (Å²) >= 11 is 0. The zero-order chi connectivity index (χ0) is 37.8. The lowest BCUT2D eigenvalue weighted by molar-refractivity contribution is 0.632. The van der Waals surface area contributed by atoms with E-state index in [2.05, 4.69) is 187 Å². The Hall–Kier alpha value is -6.82. The van der Waals surface area contributed by atoms with Gasteiger partial charge in [-0.05, 0) is 72.1 Å². The molecule has 1 spiro atoms. The highest BCUT2D eigenvalue weighted by atomic mass is 28.3. The number of furan rings is 1. The van der Waals surface area contributed by atoms with Gasteiger partial charge in [-0.25, -0.2) is 0 Å². The van der Waals surface area contributed by atoms with E-state index in [0.29, 0.717) is 0 Å². The second kappa shape index (κ2) is 9.82. The van der Waals surface area contributed by atoms with Gasteiger partial charge in [-0.1, -0.05) is 159 Å². The van der Waals surface area contributed by atoms with Crippen LogP contribution in [0.4, 0.5) is 17.1 Å². The molecule has 0 bridgehead atoms. The van der Waals surface area contributed by atoms with Crippen LogP contribution >= 0.6 is 0 Å². The Balaban J connectivity index is 1.18. The van der Waals surface area contributed by atoms with E-state index < -0.39 is 8.07 Å². The van der Waals surface area contributed by atoms with Gasteiger partial charge in [-0.2, -0.15) is 0 Å². The van der Waals surface area contributed by atoms with Crippen LogP contribution in [0.1, 0.15) is 25.1 Å². The molecule has 8 aromatic carbocycles. The largest absolute Gasteiger partial charge is 0.455 e. The zero-order valence-corrected chi connectivity index (χ0v) is 33.0. The fourth-order valence-electron chi connectivity index (χ4n) is 12.7. The van der Waals surface area contributed by atoms with Gasteiger partial charge in [0, 0.05) is 66.5 Å². The third-order valence-electron chi connectivity index (χ3n) is 14.7. The minimum atomic E-state index is -2.79. The first-order chi connectivity index (χ1) is 28.6. The highest BCUT2D eigenvalue weighted by Crippen LogP contribution is 2.57. The van der Waals surface area contributed by atoms with Crippen LogP contribution in [0, 0.1) is 0 Å². The van der Waals surface area contributed by atoms with E-state index in [1.165, 1.54) is 110 Å². The monoisotopic (exact) mass is 752 g/mol. The van der Waals surface area contributed by atoms with Gasteiger partial charge < -0.3 is 13.8 Å². The van der Waals surface area contributed by atoms with Crippen LogP contribution < -0.4 is 36.6 Å². The summed E-state index contributed by atoms with van der Waals surface area (Å²) in [5.41, 5.74) is 20.4. The van der Waals surface area contributed by atoms with E-state index >= 15 is 0 Å². The number of rotatable bonds is 0. The fourth-order valence-corrected chi connectivity index (χ4v) is 18.3. The van der Waals surface area contributed by atoms with E-state index in [-0.39, 0.29) is 12.3 Å². The van der Waals surface area contributed by atoms with Crippen molar-refractivity contribution >= 4 is 96.5 Å². The zero-order valence-electron chi connectivity index (χ0n) is 32.0. The number of anilines is 3. The van der Waals surface area contributed by atoms with Crippen LogP contribution in [0.5, 0.6) is 0 Å². The van der Waals surface area contributed by atoms with E-state index in [1.54, 1.807) is 0 Å². The Morgan fingerprint density at radius 2 is 1.17 bits per heavy atom. The molecule has 4 aliphatic heterocycles. The van der Waals surface area contributed by atoms with Crippen molar-refractivity contribution in [3.05, 3.63) is 175 Å². The quantitative estimate of drug-likeness (QED) is 0.144. The minimum Gasteiger partial charge on any atom is -0.455 e. The van der Waals surface area contributed by atoms with Crippen LogP contribution in [0.25, 0.3) is 66.2 Å². The van der Waals surface area contributed by atoms with Gasteiger partial charge in [0.25, 0.3) is 0 Å². The van der Waals surface area contributed by atoms with Gasteiger partial charge in [0.1, 0.15) is 11.2 Å². The maximum Gasteiger partial charge on any atom is 0.333 e. The first-order valence-electron chi connectivity index (χ1n) is 20.6. The third-order valence-corrected chi connectivity index (χ3v) is 19.6. The molecule has 0 atom stereocenters. The summed E-state index contributed by atoms with van der Waals surface area (Å²) in [6.45, 7) is 4.82. The molecule has 6 heterocycles.